The third-order valence-corrected chi connectivity index (χ3v) is 5.33. The maximum absolute atomic E-state index is 14.6. The quantitative estimate of drug-likeness (QED) is 0.617. The lowest BCUT2D eigenvalue weighted by Crippen LogP contribution is -2.31. The summed E-state index contributed by atoms with van der Waals surface area (Å²) in [6.07, 6.45) is 2.30. The summed E-state index contributed by atoms with van der Waals surface area (Å²) in [6.45, 7) is 3.34. The molecule has 2 aromatic carbocycles. The van der Waals surface area contributed by atoms with Crippen molar-refractivity contribution >= 4 is 21.8 Å². The summed E-state index contributed by atoms with van der Waals surface area (Å²) in [5.41, 5.74) is 3.97. The smallest absolute Gasteiger partial charge is 0.131 e. The molecule has 138 valence electrons. The van der Waals surface area contributed by atoms with Crippen LogP contribution in [0.3, 0.4) is 0 Å². The highest BCUT2D eigenvalue weighted by molar-refractivity contribution is 9.10. The van der Waals surface area contributed by atoms with Gasteiger partial charge in [0.05, 0.1) is 6.54 Å². The van der Waals surface area contributed by atoms with Crippen molar-refractivity contribution in [3.05, 3.63) is 68.9 Å². The van der Waals surface area contributed by atoms with Crippen molar-refractivity contribution in [1.82, 2.24) is 4.90 Å². The second kappa shape index (κ2) is 8.76. The van der Waals surface area contributed by atoms with E-state index in [0.29, 0.717) is 31.6 Å². The average Bonchev–Trinajstić information content (AvgIpc) is 3.09. The normalized spacial score (nSPS) is 14.0. The topological polar surface area (TPSA) is 15.6 Å². The molecule has 0 saturated carbocycles. The van der Waals surface area contributed by atoms with Crippen LogP contribution in [0.1, 0.15) is 29.2 Å². The molecule has 0 amide bonds. The number of benzene rings is 2. The van der Waals surface area contributed by atoms with Crippen LogP contribution in [-0.4, -0.2) is 37.0 Å². The molecule has 1 aliphatic heterocycles. The van der Waals surface area contributed by atoms with Gasteiger partial charge in [-0.2, -0.15) is 0 Å². The van der Waals surface area contributed by atoms with E-state index in [2.05, 4.69) is 40.0 Å². The van der Waals surface area contributed by atoms with E-state index in [1.165, 1.54) is 17.2 Å². The third kappa shape index (κ3) is 4.14. The van der Waals surface area contributed by atoms with Crippen molar-refractivity contribution in [3.8, 4) is 0 Å². The van der Waals surface area contributed by atoms with Gasteiger partial charge in [-0.25, -0.2) is 8.78 Å². The zero-order valence-electron chi connectivity index (χ0n) is 14.9. The lowest BCUT2D eigenvalue weighted by atomic mass is 9.95. The number of aliphatic imine (C=N–C) groups is 1. The minimum atomic E-state index is -0.429. The van der Waals surface area contributed by atoms with E-state index < -0.39 is 6.67 Å². The Morgan fingerprint density at radius 3 is 2.77 bits per heavy atom. The van der Waals surface area contributed by atoms with Crippen LogP contribution >= 0.6 is 15.9 Å². The number of halogens is 3. The monoisotopic (exact) mass is 420 g/mol. The molecule has 0 aliphatic carbocycles. The maximum atomic E-state index is 14.6. The Hall–Kier alpha value is -1.75. The summed E-state index contributed by atoms with van der Waals surface area (Å²) < 4.78 is 28.5. The van der Waals surface area contributed by atoms with E-state index >= 15 is 0 Å². The molecule has 1 heterocycles. The van der Waals surface area contributed by atoms with Gasteiger partial charge < -0.3 is 4.90 Å². The molecule has 0 fully saturated rings. The zero-order chi connectivity index (χ0) is 18.5. The van der Waals surface area contributed by atoms with E-state index in [1.807, 2.05) is 17.0 Å². The number of hydrogen-bond acceptors (Lipinski definition) is 2. The molecular weight excluding hydrogens is 398 g/mol. The predicted molar refractivity (Wildman–Crippen MR) is 106 cm³/mol. The number of amidine groups is 1. The molecule has 0 radical (unpaired) electrons. The van der Waals surface area contributed by atoms with Crippen LogP contribution in [0.15, 0.2) is 45.9 Å². The summed E-state index contributed by atoms with van der Waals surface area (Å²) in [6, 6.07) is 11.4. The summed E-state index contributed by atoms with van der Waals surface area (Å²) >= 11 is 3.52. The van der Waals surface area contributed by atoms with Gasteiger partial charge in [-0.3, -0.25) is 4.99 Å². The first-order valence-electron chi connectivity index (χ1n) is 9.04. The Bertz CT molecular complexity index is 805. The zero-order valence-corrected chi connectivity index (χ0v) is 16.5. The first-order valence-corrected chi connectivity index (χ1v) is 9.83. The van der Waals surface area contributed by atoms with Crippen molar-refractivity contribution in [2.45, 2.75) is 26.2 Å². The average molecular weight is 421 g/mol. The molecular formula is C21H23BrF2N2. The Labute approximate surface area is 162 Å². The molecule has 2 nitrogen and oxygen atoms in total. The van der Waals surface area contributed by atoms with Crippen LogP contribution in [-0.2, 0) is 19.3 Å². The molecule has 0 N–H and O–H groups in total. The Balaban J connectivity index is 1.88. The molecule has 1 aliphatic rings. The van der Waals surface area contributed by atoms with Crippen LogP contribution in [0.25, 0.3) is 0 Å². The van der Waals surface area contributed by atoms with Crippen LogP contribution in [0.5, 0.6) is 0 Å². The summed E-state index contributed by atoms with van der Waals surface area (Å²) in [5, 5.41) is 0. The van der Waals surface area contributed by atoms with E-state index in [9.17, 15) is 8.78 Å². The predicted octanol–water partition coefficient (Wildman–Crippen LogP) is 4.97. The van der Waals surface area contributed by atoms with Gasteiger partial charge >= 0.3 is 0 Å². The number of aryl methyl sites for hydroxylation is 2. The fraction of sp³-hybridized carbons (Fsp3) is 0.381. The molecule has 2 aromatic rings. The molecule has 0 unspecified atom stereocenters. The van der Waals surface area contributed by atoms with Gasteiger partial charge in [0.15, 0.2) is 0 Å². The van der Waals surface area contributed by atoms with Gasteiger partial charge in [-0.15, -0.1) is 0 Å². The fourth-order valence-corrected chi connectivity index (χ4v) is 3.92. The molecule has 0 saturated heterocycles. The van der Waals surface area contributed by atoms with E-state index in [1.54, 1.807) is 6.07 Å². The standard InChI is InChI=1S/C21H23BrF2N2/c1-2-15-6-8-17(22)14-16(15)7-9-18-19(4-3-5-20(18)24)21-25-11-13-26(21)12-10-23/h3-6,8,14H,2,7,9-13H2,1H3. The maximum Gasteiger partial charge on any atom is 0.131 e. The molecule has 5 heteroatoms. The van der Waals surface area contributed by atoms with Gasteiger partial charge in [0, 0.05) is 23.1 Å². The minimum absolute atomic E-state index is 0.217. The second-order valence-corrected chi connectivity index (χ2v) is 7.33. The molecule has 3 rings (SSSR count). The summed E-state index contributed by atoms with van der Waals surface area (Å²) in [4.78, 5) is 6.42. The van der Waals surface area contributed by atoms with Crippen molar-refractivity contribution in [2.24, 2.45) is 4.99 Å². The van der Waals surface area contributed by atoms with Gasteiger partial charge in [0.1, 0.15) is 18.3 Å². The molecule has 26 heavy (non-hydrogen) atoms. The summed E-state index contributed by atoms with van der Waals surface area (Å²) in [5.74, 6) is 0.507. The first kappa shape index (κ1) is 19.0. The Morgan fingerprint density at radius 2 is 2.00 bits per heavy atom. The molecule has 0 spiro atoms. The van der Waals surface area contributed by atoms with Crippen LogP contribution in [0, 0.1) is 5.82 Å². The van der Waals surface area contributed by atoms with E-state index in [-0.39, 0.29) is 5.82 Å². The van der Waals surface area contributed by atoms with Gasteiger partial charge in [0.2, 0.25) is 0 Å². The van der Waals surface area contributed by atoms with Crippen molar-refractivity contribution in [2.75, 3.05) is 26.3 Å². The lowest BCUT2D eigenvalue weighted by molar-refractivity contribution is 0.375. The number of alkyl halides is 1. The highest BCUT2D eigenvalue weighted by Gasteiger charge is 2.22. The Morgan fingerprint density at radius 1 is 1.15 bits per heavy atom. The molecule has 0 bridgehead atoms. The van der Waals surface area contributed by atoms with Gasteiger partial charge in [-0.05, 0) is 54.2 Å². The fourth-order valence-electron chi connectivity index (χ4n) is 3.51. The van der Waals surface area contributed by atoms with Gasteiger partial charge in [-0.1, -0.05) is 41.1 Å². The van der Waals surface area contributed by atoms with Crippen molar-refractivity contribution in [1.29, 1.82) is 0 Å². The molecule has 0 aromatic heterocycles. The number of nitrogens with zero attached hydrogens (tertiary/aromatic N) is 2. The second-order valence-electron chi connectivity index (χ2n) is 6.41. The van der Waals surface area contributed by atoms with Crippen LogP contribution in [0.2, 0.25) is 0 Å². The molecule has 0 atom stereocenters. The number of rotatable bonds is 7. The third-order valence-electron chi connectivity index (χ3n) is 4.84. The van der Waals surface area contributed by atoms with Crippen LogP contribution in [0.4, 0.5) is 8.78 Å². The van der Waals surface area contributed by atoms with Crippen LogP contribution < -0.4 is 0 Å². The highest BCUT2D eigenvalue weighted by atomic mass is 79.9. The Kier molecular flexibility index (Phi) is 6.41. The van der Waals surface area contributed by atoms with E-state index in [0.717, 1.165) is 28.7 Å². The van der Waals surface area contributed by atoms with Crippen molar-refractivity contribution < 1.29 is 8.78 Å². The van der Waals surface area contributed by atoms with Gasteiger partial charge in [0.25, 0.3) is 0 Å². The number of hydrogen-bond donors (Lipinski definition) is 0. The lowest BCUT2D eigenvalue weighted by Gasteiger charge is -2.21. The van der Waals surface area contributed by atoms with E-state index in [4.69, 9.17) is 0 Å². The minimum Gasteiger partial charge on any atom is -0.352 e. The largest absolute Gasteiger partial charge is 0.352 e. The summed E-state index contributed by atoms with van der Waals surface area (Å²) in [7, 11) is 0. The highest BCUT2D eigenvalue weighted by Crippen LogP contribution is 2.23. The van der Waals surface area contributed by atoms with Crippen molar-refractivity contribution in [3.63, 3.8) is 0 Å². The SMILES string of the molecule is CCc1ccc(Br)cc1CCc1c(F)cccc1C1=NCCN1CCF. The first-order chi connectivity index (χ1) is 12.6.